The molecule has 5 heteroatoms. The molecule has 4 rings (SSSR count). The molecule has 0 unspecified atom stereocenters. The molecule has 0 saturated heterocycles. The van der Waals surface area contributed by atoms with Gasteiger partial charge in [0.25, 0.3) is 0 Å². The Labute approximate surface area is 140 Å². The van der Waals surface area contributed by atoms with Gasteiger partial charge in [-0.1, -0.05) is 24.3 Å². The molecule has 0 saturated carbocycles. The Balaban J connectivity index is 1.77. The second kappa shape index (κ2) is 5.92. The molecule has 1 aliphatic carbocycles. The van der Waals surface area contributed by atoms with Crippen molar-refractivity contribution in [2.45, 2.75) is 32.2 Å². The van der Waals surface area contributed by atoms with Gasteiger partial charge in [0.1, 0.15) is 6.10 Å². The zero-order valence-corrected chi connectivity index (χ0v) is 13.8. The van der Waals surface area contributed by atoms with Crippen LogP contribution in [0.4, 0.5) is 0 Å². The van der Waals surface area contributed by atoms with E-state index in [4.69, 9.17) is 9.47 Å². The first-order chi connectivity index (χ1) is 11.7. The number of aryl methyl sites for hydroxylation is 1. The maximum absolute atomic E-state index is 9.57. The van der Waals surface area contributed by atoms with E-state index in [0.717, 1.165) is 29.0 Å². The molecule has 0 fully saturated rings. The van der Waals surface area contributed by atoms with E-state index >= 15 is 0 Å². The number of imidazole rings is 1. The Morgan fingerprint density at radius 1 is 1.25 bits per heavy atom. The number of aliphatic hydroxyl groups is 1. The third kappa shape index (κ3) is 2.28. The fourth-order valence-electron chi connectivity index (χ4n) is 3.49. The highest BCUT2D eigenvalue weighted by Crippen LogP contribution is 2.37. The lowest BCUT2D eigenvalue weighted by molar-refractivity contribution is 0.0136. The summed E-state index contributed by atoms with van der Waals surface area (Å²) in [5, 5.41) is 9.57. The lowest BCUT2D eigenvalue weighted by Gasteiger charge is -2.21. The molecule has 0 bridgehead atoms. The monoisotopic (exact) mass is 324 g/mol. The molecule has 2 aromatic heterocycles. The number of nitrogens with zero attached hydrogens (tertiary/aromatic N) is 2. The average molecular weight is 324 g/mol. The molecule has 0 aliphatic heterocycles. The van der Waals surface area contributed by atoms with E-state index in [1.807, 2.05) is 41.8 Å². The SMILES string of the molecule is CO[C@@H]1Cc2ccccc2[C@H]1Oc1cccn2c(CO)c(C)nc12. The first kappa shape index (κ1) is 15.2. The van der Waals surface area contributed by atoms with E-state index < -0.39 is 0 Å². The van der Waals surface area contributed by atoms with Gasteiger partial charge in [0.15, 0.2) is 17.5 Å². The molecular weight excluding hydrogens is 304 g/mol. The third-order valence-electron chi connectivity index (χ3n) is 4.74. The minimum Gasteiger partial charge on any atom is -0.479 e. The third-order valence-corrected chi connectivity index (χ3v) is 4.74. The number of hydrogen-bond acceptors (Lipinski definition) is 4. The van der Waals surface area contributed by atoms with Crippen LogP contribution in [0, 0.1) is 6.92 Å². The molecule has 5 nitrogen and oxygen atoms in total. The number of benzene rings is 1. The molecule has 1 N–H and O–H groups in total. The first-order valence-electron chi connectivity index (χ1n) is 8.07. The van der Waals surface area contributed by atoms with Crippen molar-refractivity contribution in [2.75, 3.05) is 7.11 Å². The van der Waals surface area contributed by atoms with Crippen molar-refractivity contribution in [3.63, 3.8) is 0 Å². The average Bonchev–Trinajstić information content (AvgIpc) is 3.12. The van der Waals surface area contributed by atoms with Gasteiger partial charge >= 0.3 is 0 Å². The van der Waals surface area contributed by atoms with Gasteiger partial charge < -0.3 is 14.6 Å². The van der Waals surface area contributed by atoms with Crippen LogP contribution in [0.25, 0.3) is 5.65 Å². The van der Waals surface area contributed by atoms with Crippen LogP contribution in [0.2, 0.25) is 0 Å². The molecule has 124 valence electrons. The van der Waals surface area contributed by atoms with Crippen molar-refractivity contribution in [3.8, 4) is 5.75 Å². The predicted molar refractivity (Wildman–Crippen MR) is 90.2 cm³/mol. The summed E-state index contributed by atoms with van der Waals surface area (Å²) in [7, 11) is 1.72. The summed E-state index contributed by atoms with van der Waals surface area (Å²) in [6, 6.07) is 12.1. The number of rotatable bonds is 4. The van der Waals surface area contributed by atoms with Gasteiger partial charge in [-0.25, -0.2) is 4.98 Å². The smallest absolute Gasteiger partial charge is 0.180 e. The van der Waals surface area contributed by atoms with Crippen LogP contribution in [-0.2, 0) is 17.8 Å². The van der Waals surface area contributed by atoms with E-state index in [2.05, 4.69) is 17.1 Å². The quantitative estimate of drug-likeness (QED) is 0.802. The van der Waals surface area contributed by atoms with Crippen molar-refractivity contribution in [3.05, 3.63) is 65.1 Å². The zero-order chi connectivity index (χ0) is 16.7. The highest BCUT2D eigenvalue weighted by Gasteiger charge is 2.34. The minimum atomic E-state index is -0.160. The number of aliphatic hydroxyl groups excluding tert-OH is 1. The van der Waals surface area contributed by atoms with Gasteiger partial charge in [-0.3, -0.25) is 4.40 Å². The predicted octanol–water partition coefficient (Wildman–Crippen LogP) is 2.83. The molecular formula is C19H20N2O3. The van der Waals surface area contributed by atoms with Gasteiger partial charge in [-0.2, -0.15) is 0 Å². The van der Waals surface area contributed by atoms with Crippen molar-refractivity contribution < 1.29 is 14.6 Å². The van der Waals surface area contributed by atoms with Gasteiger partial charge in [0.2, 0.25) is 0 Å². The maximum Gasteiger partial charge on any atom is 0.180 e. The molecule has 3 aromatic rings. The normalized spacial score (nSPS) is 19.6. The number of fused-ring (bicyclic) bond motifs is 2. The van der Waals surface area contributed by atoms with Crippen LogP contribution in [0.1, 0.15) is 28.6 Å². The van der Waals surface area contributed by atoms with Crippen LogP contribution < -0.4 is 4.74 Å². The highest BCUT2D eigenvalue weighted by molar-refractivity contribution is 5.56. The molecule has 1 aromatic carbocycles. The van der Waals surface area contributed by atoms with Crippen LogP contribution in [0.3, 0.4) is 0 Å². The van der Waals surface area contributed by atoms with Gasteiger partial charge in [0.05, 0.1) is 18.0 Å². The summed E-state index contributed by atoms with van der Waals surface area (Å²) in [5.74, 6) is 0.698. The van der Waals surface area contributed by atoms with Crippen LogP contribution in [0.5, 0.6) is 5.75 Å². The molecule has 2 heterocycles. The lowest BCUT2D eigenvalue weighted by atomic mass is 10.1. The molecule has 0 amide bonds. The number of methoxy groups -OCH3 is 1. The van der Waals surface area contributed by atoms with E-state index in [1.54, 1.807) is 7.11 Å². The standard InChI is InChI=1S/C19H20N2O3/c1-12-15(11-22)21-9-5-8-16(19(21)20-12)24-18-14-7-4-3-6-13(14)10-17(18)23-2/h3-9,17-18,22H,10-11H2,1-2H3/t17-,18-/m1/s1. The number of hydrogen-bond donors (Lipinski definition) is 1. The van der Waals surface area contributed by atoms with Gasteiger partial charge in [-0.15, -0.1) is 0 Å². The second-order valence-electron chi connectivity index (χ2n) is 6.08. The Kier molecular flexibility index (Phi) is 3.75. The highest BCUT2D eigenvalue weighted by atomic mass is 16.5. The first-order valence-corrected chi connectivity index (χ1v) is 8.07. The van der Waals surface area contributed by atoms with E-state index in [0.29, 0.717) is 5.75 Å². The zero-order valence-electron chi connectivity index (χ0n) is 13.8. The number of ether oxygens (including phenoxy) is 2. The summed E-state index contributed by atoms with van der Waals surface area (Å²) >= 11 is 0. The Hall–Kier alpha value is -2.37. The second-order valence-corrected chi connectivity index (χ2v) is 6.08. The summed E-state index contributed by atoms with van der Waals surface area (Å²) < 4.78 is 13.9. The summed E-state index contributed by atoms with van der Waals surface area (Å²) in [4.78, 5) is 4.57. The van der Waals surface area contributed by atoms with E-state index in [-0.39, 0.29) is 18.8 Å². The van der Waals surface area contributed by atoms with Gasteiger partial charge in [-0.05, 0) is 30.2 Å². The van der Waals surface area contributed by atoms with E-state index in [1.165, 1.54) is 5.56 Å². The van der Waals surface area contributed by atoms with Crippen molar-refractivity contribution in [1.82, 2.24) is 9.38 Å². The topological polar surface area (TPSA) is 56.0 Å². The molecule has 0 radical (unpaired) electrons. The summed E-state index contributed by atoms with van der Waals surface area (Å²) in [6.45, 7) is 1.84. The van der Waals surface area contributed by atoms with Crippen LogP contribution in [-0.4, -0.2) is 27.7 Å². The molecule has 0 spiro atoms. The van der Waals surface area contributed by atoms with Gasteiger partial charge in [0, 0.05) is 19.7 Å². The van der Waals surface area contributed by atoms with Crippen molar-refractivity contribution in [1.29, 1.82) is 0 Å². The summed E-state index contributed by atoms with van der Waals surface area (Å²) in [5.41, 5.74) is 4.74. The largest absolute Gasteiger partial charge is 0.479 e. The van der Waals surface area contributed by atoms with Crippen LogP contribution >= 0.6 is 0 Å². The molecule has 2 atom stereocenters. The fraction of sp³-hybridized carbons (Fsp3) is 0.316. The number of aromatic nitrogens is 2. The Morgan fingerprint density at radius 3 is 2.88 bits per heavy atom. The fourth-order valence-corrected chi connectivity index (χ4v) is 3.49. The minimum absolute atomic E-state index is 0.0176. The maximum atomic E-state index is 9.57. The number of pyridine rings is 1. The molecule has 24 heavy (non-hydrogen) atoms. The van der Waals surface area contributed by atoms with Crippen molar-refractivity contribution >= 4 is 5.65 Å². The van der Waals surface area contributed by atoms with E-state index in [9.17, 15) is 5.11 Å². The Morgan fingerprint density at radius 2 is 2.08 bits per heavy atom. The Bertz CT molecular complexity index is 887. The van der Waals surface area contributed by atoms with Crippen molar-refractivity contribution in [2.24, 2.45) is 0 Å². The summed E-state index contributed by atoms with van der Waals surface area (Å²) in [6.07, 6.45) is 2.56. The lowest BCUT2D eigenvalue weighted by Crippen LogP contribution is -2.21. The van der Waals surface area contributed by atoms with Crippen LogP contribution in [0.15, 0.2) is 42.6 Å². The molecule has 1 aliphatic rings.